The molecule has 0 radical (unpaired) electrons. The first kappa shape index (κ1) is 19.3. The van der Waals surface area contributed by atoms with Gasteiger partial charge in [0.2, 0.25) is 0 Å². The van der Waals surface area contributed by atoms with Gasteiger partial charge in [0, 0.05) is 6.04 Å². The monoisotopic (exact) mass is 393 g/mol. The summed E-state index contributed by atoms with van der Waals surface area (Å²) < 4.78 is 27.3. The maximum absolute atomic E-state index is 14.0. The Morgan fingerprint density at radius 2 is 1.89 bits per heavy atom. The summed E-state index contributed by atoms with van der Waals surface area (Å²) >= 11 is 6.05. The third-order valence-corrected chi connectivity index (χ3v) is 5.11. The Morgan fingerprint density at radius 1 is 1.19 bits per heavy atom. The molecular weight excluding hydrogens is 376 g/mol. The number of carbonyl (C=O) groups is 2. The minimum atomic E-state index is -1.36. The number of hydrogen-bond donors (Lipinski definition) is 1. The van der Waals surface area contributed by atoms with Crippen LogP contribution < -0.4 is 0 Å². The first-order valence-corrected chi connectivity index (χ1v) is 8.91. The second kappa shape index (κ2) is 7.27. The second-order valence-corrected chi connectivity index (χ2v) is 7.23. The largest absolute Gasteiger partial charge is 0.478 e. The van der Waals surface area contributed by atoms with Crippen LogP contribution in [0.3, 0.4) is 0 Å². The number of halogens is 3. The molecule has 0 aromatic heterocycles. The molecule has 1 atom stereocenters. The Morgan fingerprint density at radius 3 is 2.48 bits per heavy atom. The number of rotatable bonds is 4. The number of carboxylic acid groups (broad SMARTS) is 1. The van der Waals surface area contributed by atoms with Crippen molar-refractivity contribution in [1.82, 2.24) is 4.90 Å². The number of nitrogens with zero attached hydrogens (tertiary/aromatic N) is 1. The van der Waals surface area contributed by atoms with Crippen molar-refractivity contribution in [1.29, 1.82) is 0 Å². The molecule has 27 heavy (non-hydrogen) atoms. The van der Waals surface area contributed by atoms with Gasteiger partial charge in [0.25, 0.3) is 5.91 Å². The molecule has 4 nitrogen and oxygen atoms in total. The average Bonchev–Trinajstić information content (AvgIpc) is 2.96. The van der Waals surface area contributed by atoms with E-state index >= 15 is 0 Å². The van der Waals surface area contributed by atoms with Crippen molar-refractivity contribution < 1.29 is 23.5 Å². The van der Waals surface area contributed by atoms with Crippen molar-refractivity contribution in [3.8, 4) is 0 Å². The lowest BCUT2D eigenvalue weighted by Gasteiger charge is -2.34. The summed E-state index contributed by atoms with van der Waals surface area (Å²) in [6.45, 7) is 3.66. The molecular formula is C20H18ClF2NO3. The lowest BCUT2D eigenvalue weighted by molar-refractivity contribution is 0.0606. The zero-order valence-corrected chi connectivity index (χ0v) is 15.6. The SMILES string of the molecule is CC(C)N(C(=O)c1ccc(F)cc1Cl)[C@@H]1CCc2cc(F)c(C(=O)O)cc21. The first-order chi connectivity index (χ1) is 12.7. The van der Waals surface area contributed by atoms with Crippen LogP contribution in [0.15, 0.2) is 30.3 Å². The van der Waals surface area contributed by atoms with Crippen LogP contribution in [0.2, 0.25) is 5.02 Å². The van der Waals surface area contributed by atoms with Gasteiger partial charge in [0.05, 0.1) is 22.2 Å². The zero-order valence-electron chi connectivity index (χ0n) is 14.8. The van der Waals surface area contributed by atoms with E-state index in [0.717, 1.165) is 12.1 Å². The summed E-state index contributed by atoms with van der Waals surface area (Å²) in [7, 11) is 0. The van der Waals surface area contributed by atoms with Gasteiger partial charge in [-0.3, -0.25) is 4.79 Å². The lowest BCUT2D eigenvalue weighted by atomic mass is 10.0. The van der Waals surface area contributed by atoms with Crippen LogP contribution in [0.1, 0.15) is 58.2 Å². The lowest BCUT2D eigenvalue weighted by Crippen LogP contribution is -2.39. The highest BCUT2D eigenvalue weighted by Crippen LogP contribution is 2.39. The van der Waals surface area contributed by atoms with Crippen LogP contribution >= 0.6 is 11.6 Å². The van der Waals surface area contributed by atoms with Gasteiger partial charge in [-0.25, -0.2) is 13.6 Å². The van der Waals surface area contributed by atoms with Gasteiger partial charge >= 0.3 is 5.97 Å². The summed E-state index contributed by atoms with van der Waals surface area (Å²) in [6.07, 6.45) is 1.07. The van der Waals surface area contributed by atoms with Crippen molar-refractivity contribution >= 4 is 23.5 Å². The van der Waals surface area contributed by atoms with E-state index in [1.807, 2.05) is 13.8 Å². The summed E-state index contributed by atoms with van der Waals surface area (Å²) in [6, 6.07) is 5.47. The Bertz CT molecular complexity index is 930. The van der Waals surface area contributed by atoms with Gasteiger partial charge < -0.3 is 10.0 Å². The third kappa shape index (κ3) is 3.54. The van der Waals surface area contributed by atoms with Crippen molar-refractivity contribution in [2.45, 2.75) is 38.8 Å². The minimum Gasteiger partial charge on any atom is -0.478 e. The first-order valence-electron chi connectivity index (χ1n) is 8.54. The summed E-state index contributed by atoms with van der Waals surface area (Å²) in [5, 5.41) is 9.22. The summed E-state index contributed by atoms with van der Waals surface area (Å²) in [4.78, 5) is 26.0. The van der Waals surface area contributed by atoms with Crippen molar-refractivity contribution in [3.63, 3.8) is 0 Å². The van der Waals surface area contributed by atoms with Gasteiger partial charge in [-0.2, -0.15) is 0 Å². The Labute approximate surface area is 160 Å². The average molecular weight is 394 g/mol. The highest BCUT2D eigenvalue weighted by Gasteiger charge is 2.35. The fourth-order valence-electron chi connectivity index (χ4n) is 3.60. The van der Waals surface area contributed by atoms with E-state index in [-0.39, 0.29) is 22.5 Å². The van der Waals surface area contributed by atoms with Gasteiger partial charge in [-0.15, -0.1) is 0 Å². The number of carbonyl (C=O) groups excluding carboxylic acids is 1. The molecule has 7 heteroatoms. The standard InChI is InChI=1S/C20H18ClF2NO3/c1-10(2)24(19(25)13-5-4-12(22)8-16(13)21)18-6-3-11-7-17(23)15(20(26)27)9-14(11)18/h4-5,7-10,18H,3,6H2,1-2H3,(H,26,27)/t18-/m1/s1. The molecule has 1 aliphatic carbocycles. The molecule has 1 aliphatic rings. The number of benzene rings is 2. The number of hydrogen-bond acceptors (Lipinski definition) is 2. The van der Waals surface area contributed by atoms with E-state index in [4.69, 9.17) is 11.6 Å². The summed E-state index contributed by atoms with van der Waals surface area (Å²) in [5.41, 5.74) is 1.05. The minimum absolute atomic E-state index is 0.00852. The van der Waals surface area contributed by atoms with Crippen LogP contribution in [0.5, 0.6) is 0 Å². The highest BCUT2D eigenvalue weighted by atomic mass is 35.5. The molecule has 0 unspecified atom stereocenters. The zero-order chi connectivity index (χ0) is 19.9. The van der Waals surface area contributed by atoms with Crippen LogP contribution in [0.4, 0.5) is 8.78 Å². The van der Waals surface area contributed by atoms with Gasteiger partial charge in [0.15, 0.2) is 0 Å². The molecule has 0 saturated heterocycles. The Hall–Kier alpha value is -2.47. The molecule has 1 N–H and O–H groups in total. The van der Waals surface area contributed by atoms with Crippen molar-refractivity contribution in [2.75, 3.05) is 0 Å². The number of carboxylic acids is 1. The molecule has 2 aromatic carbocycles. The molecule has 0 fully saturated rings. The Balaban J connectivity index is 2.04. The molecule has 3 rings (SSSR count). The Kier molecular flexibility index (Phi) is 5.20. The maximum atomic E-state index is 14.0. The number of aromatic carboxylic acids is 1. The predicted molar refractivity (Wildman–Crippen MR) is 97.1 cm³/mol. The van der Waals surface area contributed by atoms with E-state index in [9.17, 15) is 23.5 Å². The third-order valence-electron chi connectivity index (χ3n) is 4.79. The topological polar surface area (TPSA) is 57.6 Å². The quantitative estimate of drug-likeness (QED) is 0.807. The maximum Gasteiger partial charge on any atom is 0.338 e. The van der Waals surface area contributed by atoms with Crippen LogP contribution in [-0.4, -0.2) is 27.9 Å². The van der Waals surface area contributed by atoms with E-state index in [2.05, 4.69) is 0 Å². The van der Waals surface area contributed by atoms with E-state index in [1.54, 1.807) is 4.90 Å². The van der Waals surface area contributed by atoms with Crippen LogP contribution in [-0.2, 0) is 6.42 Å². The van der Waals surface area contributed by atoms with Crippen LogP contribution in [0, 0.1) is 11.6 Å². The molecule has 0 heterocycles. The molecule has 1 amide bonds. The highest BCUT2D eigenvalue weighted by molar-refractivity contribution is 6.33. The molecule has 0 saturated carbocycles. The predicted octanol–water partition coefficient (Wildman–Crippen LogP) is 4.85. The van der Waals surface area contributed by atoms with Gasteiger partial charge in [0.1, 0.15) is 11.6 Å². The number of fused-ring (bicyclic) bond motifs is 1. The molecule has 0 spiro atoms. The second-order valence-electron chi connectivity index (χ2n) is 6.82. The molecule has 0 aliphatic heterocycles. The molecule has 0 bridgehead atoms. The number of aryl methyl sites for hydroxylation is 1. The normalized spacial score (nSPS) is 15.7. The number of amides is 1. The van der Waals surface area contributed by atoms with Crippen LogP contribution in [0.25, 0.3) is 0 Å². The van der Waals surface area contributed by atoms with E-state index in [1.165, 1.54) is 18.2 Å². The van der Waals surface area contributed by atoms with E-state index < -0.39 is 29.2 Å². The van der Waals surface area contributed by atoms with Crippen molar-refractivity contribution in [3.05, 3.63) is 69.2 Å². The smallest absolute Gasteiger partial charge is 0.338 e. The van der Waals surface area contributed by atoms with E-state index in [0.29, 0.717) is 24.0 Å². The molecule has 2 aromatic rings. The van der Waals surface area contributed by atoms with Gasteiger partial charge in [-0.05, 0) is 68.1 Å². The summed E-state index contributed by atoms with van der Waals surface area (Å²) in [5.74, 6) is -3.06. The van der Waals surface area contributed by atoms with Crippen molar-refractivity contribution in [2.24, 2.45) is 0 Å². The fraction of sp³-hybridized carbons (Fsp3) is 0.300. The molecule has 142 valence electrons. The van der Waals surface area contributed by atoms with Gasteiger partial charge in [-0.1, -0.05) is 11.6 Å². The fourth-order valence-corrected chi connectivity index (χ4v) is 3.84.